The first-order chi connectivity index (χ1) is 13.6. The van der Waals surface area contributed by atoms with Crippen molar-refractivity contribution in [3.63, 3.8) is 0 Å². The molecule has 3 heterocycles. The molecule has 0 spiro atoms. The molecule has 2 N–H and O–H groups in total. The van der Waals surface area contributed by atoms with Gasteiger partial charge in [0.1, 0.15) is 5.82 Å². The molecule has 6 heteroatoms. The quantitative estimate of drug-likeness (QED) is 0.890. The molecule has 1 saturated carbocycles. The van der Waals surface area contributed by atoms with Gasteiger partial charge in [-0.25, -0.2) is 4.98 Å². The zero-order valence-electron chi connectivity index (χ0n) is 16.3. The van der Waals surface area contributed by atoms with Crippen molar-refractivity contribution in [3.05, 3.63) is 47.7 Å². The van der Waals surface area contributed by atoms with E-state index in [1.54, 1.807) is 12.3 Å². The number of aromatic nitrogens is 2. The molecule has 3 aliphatic rings. The van der Waals surface area contributed by atoms with Gasteiger partial charge in [-0.15, -0.1) is 0 Å². The third kappa shape index (κ3) is 2.82. The van der Waals surface area contributed by atoms with E-state index in [-0.39, 0.29) is 12.0 Å². The lowest BCUT2D eigenvalue weighted by molar-refractivity contribution is -0.139. The molecule has 146 valence electrons. The summed E-state index contributed by atoms with van der Waals surface area (Å²) in [6, 6.07) is 10.4. The third-order valence-electron chi connectivity index (χ3n) is 6.86. The van der Waals surface area contributed by atoms with Crippen LogP contribution in [0, 0.1) is 24.7 Å². The first kappa shape index (κ1) is 17.5. The molecule has 1 aliphatic carbocycles. The molecule has 5 rings (SSSR count). The number of carbonyl (C=O) groups excluding carboxylic acids is 1. The molecule has 3 atom stereocenters. The highest BCUT2D eigenvalue weighted by molar-refractivity contribution is 5.80. The normalized spacial score (nSPS) is 27.0. The average Bonchev–Trinajstić information content (AvgIpc) is 3.19. The zero-order valence-corrected chi connectivity index (χ0v) is 16.3. The van der Waals surface area contributed by atoms with E-state index in [1.807, 2.05) is 0 Å². The molecule has 28 heavy (non-hydrogen) atoms. The predicted octanol–water partition coefficient (Wildman–Crippen LogP) is 2.80. The number of benzene rings is 1. The average molecular weight is 377 g/mol. The summed E-state index contributed by atoms with van der Waals surface area (Å²) in [6.07, 6.45) is 5.01. The number of likely N-dealkylation sites (tertiary alicyclic amines) is 1. The zero-order chi connectivity index (χ0) is 19.3. The van der Waals surface area contributed by atoms with Crippen molar-refractivity contribution in [2.24, 2.45) is 17.8 Å². The van der Waals surface area contributed by atoms with Crippen LogP contribution in [0.2, 0.25) is 0 Å². The third-order valence-corrected chi connectivity index (χ3v) is 6.86. The van der Waals surface area contributed by atoms with Gasteiger partial charge in [0.25, 0.3) is 0 Å². The molecule has 6 nitrogen and oxygen atoms in total. The van der Waals surface area contributed by atoms with Gasteiger partial charge in [-0.2, -0.15) is 4.98 Å². The Labute approximate surface area is 165 Å². The van der Waals surface area contributed by atoms with E-state index in [0.29, 0.717) is 29.5 Å². The Balaban J connectivity index is 1.46. The van der Waals surface area contributed by atoms with E-state index in [1.165, 1.54) is 17.5 Å². The molecule has 2 aliphatic heterocycles. The lowest BCUT2D eigenvalue weighted by Gasteiger charge is -2.35. The Bertz CT molecular complexity index is 896. The second-order valence-corrected chi connectivity index (χ2v) is 8.53. The maximum Gasteiger partial charge on any atom is 0.227 e. The number of nitrogens with two attached hydrogens (primary N) is 1. The van der Waals surface area contributed by atoms with Crippen molar-refractivity contribution >= 4 is 17.7 Å². The Morgan fingerprint density at radius 3 is 2.68 bits per heavy atom. The van der Waals surface area contributed by atoms with Crippen molar-refractivity contribution in [2.45, 2.75) is 32.2 Å². The first-order valence-electron chi connectivity index (χ1n) is 10.3. The minimum absolute atomic E-state index is 0.144. The summed E-state index contributed by atoms with van der Waals surface area (Å²) >= 11 is 0. The van der Waals surface area contributed by atoms with E-state index in [9.17, 15) is 4.79 Å². The number of nitrogen functional groups attached to an aromatic ring is 1. The molecule has 0 unspecified atom stereocenters. The highest BCUT2D eigenvalue weighted by Crippen LogP contribution is 2.47. The number of aryl methyl sites for hydroxylation is 1. The summed E-state index contributed by atoms with van der Waals surface area (Å²) < 4.78 is 0. The monoisotopic (exact) mass is 377 g/mol. The number of fused-ring (bicyclic) bond motifs is 1. The number of hydrogen-bond acceptors (Lipinski definition) is 5. The fourth-order valence-electron chi connectivity index (χ4n) is 5.16. The summed E-state index contributed by atoms with van der Waals surface area (Å²) in [5, 5.41) is 0. The van der Waals surface area contributed by atoms with E-state index in [0.717, 1.165) is 32.5 Å². The topological polar surface area (TPSA) is 75.4 Å². The van der Waals surface area contributed by atoms with Crippen LogP contribution in [0.15, 0.2) is 36.5 Å². The van der Waals surface area contributed by atoms with E-state index >= 15 is 0 Å². The van der Waals surface area contributed by atoms with Gasteiger partial charge in [-0.3, -0.25) is 4.79 Å². The van der Waals surface area contributed by atoms with Crippen LogP contribution in [0.3, 0.4) is 0 Å². The highest BCUT2D eigenvalue weighted by Gasteiger charge is 2.51. The number of carbonyl (C=O) groups is 1. The Hall–Kier alpha value is -2.63. The number of hydrogen-bond donors (Lipinski definition) is 1. The number of anilines is 2. The fourth-order valence-corrected chi connectivity index (χ4v) is 5.16. The maximum absolute atomic E-state index is 13.2. The largest absolute Gasteiger partial charge is 0.384 e. The first-order valence-corrected chi connectivity index (χ1v) is 10.3. The molecule has 1 amide bonds. The van der Waals surface area contributed by atoms with Crippen LogP contribution < -0.4 is 10.6 Å². The number of nitrogens with zero attached hydrogens (tertiary/aromatic N) is 4. The number of rotatable bonds is 3. The highest BCUT2D eigenvalue weighted by atomic mass is 16.2. The maximum atomic E-state index is 13.2. The molecule has 3 fully saturated rings. The smallest absolute Gasteiger partial charge is 0.227 e. The Kier molecular flexibility index (Phi) is 4.22. The molecular weight excluding hydrogens is 350 g/mol. The van der Waals surface area contributed by atoms with Crippen LogP contribution in [0.4, 0.5) is 11.8 Å². The standard InChI is InChI=1S/C22H27N5O/c1-14-5-2-3-8-17(14)20-18-13-26(22-24-10-9-19(23)25-22)11-16(18)12-27(20)21(28)15-6-4-7-15/h2-3,5,8-10,15-16,18,20H,4,6-7,11-13H2,1H3,(H2,23,24,25)/t16-,18-,20+/m0/s1. The van der Waals surface area contributed by atoms with Crippen LogP contribution in [-0.2, 0) is 4.79 Å². The summed E-state index contributed by atoms with van der Waals surface area (Å²) in [5.41, 5.74) is 8.42. The van der Waals surface area contributed by atoms with Crippen molar-refractivity contribution in [3.8, 4) is 0 Å². The van der Waals surface area contributed by atoms with Crippen LogP contribution in [0.5, 0.6) is 0 Å². The predicted molar refractivity (Wildman–Crippen MR) is 109 cm³/mol. The molecule has 0 radical (unpaired) electrons. The Morgan fingerprint density at radius 1 is 1.14 bits per heavy atom. The van der Waals surface area contributed by atoms with Crippen LogP contribution in [0.25, 0.3) is 0 Å². The molecule has 2 aromatic rings. The van der Waals surface area contributed by atoms with E-state index < -0.39 is 0 Å². The molecular formula is C22H27N5O. The van der Waals surface area contributed by atoms with Crippen LogP contribution in [-0.4, -0.2) is 40.4 Å². The van der Waals surface area contributed by atoms with Gasteiger partial charge in [0.2, 0.25) is 11.9 Å². The SMILES string of the molecule is Cc1ccccc1[C@@H]1[C@H]2CN(c3nccc(N)n3)C[C@H]2CN1C(=O)C1CCC1. The Morgan fingerprint density at radius 2 is 1.96 bits per heavy atom. The minimum Gasteiger partial charge on any atom is -0.384 e. The van der Waals surface area contributed by atoms with Crippen molar-refractivity contribution in [1.82, 2.24) is 14.9 Å². The lowest BCUT2D eigenvalue weighted by Crippen LogP contribution is -2.41. The van der Waals surface area contributed by atoms with Crippen LogP contribution >= 0.6 is 0 Å². The molecule has 1 aromatic carbocycles. The summed E-state index contributed by atoms with van der Waals surface area (Å²) in [6.45, 7) is 4.73. The molecule has 2 saturated heterocycles. The number of amides is 1. The minimum atomic E-state index is 0.144. The van der Waals surface area contributed by atoms with Crippen molar-refractivity contribution in [2.75, 3.05) is 30.3 Å². The van der Waals surface area contributed by atoms with Crippen LogP contribution in [0.1, 0.15) is 36.4 Å². The van der Waals surface area contributed by atoms with Gasteiger partial charge in [0.15, 0.2) is 0 Å². The second-order valence-electron chi connectivity index (χ2n) is 8.53. The van der Waals surface area contributed by atoms with Crippen molar-refractivity contribution < 1.29 is 4.79 Å². The van der Waals surface area contributed by atoms with E-state index in [2.05, 4.69) is 51.0 Å². The van der Waals surface area contributed by atoms with Crippen molar-refractivity contribution in [1.29, 1.82) is 0 Å². The van der Waals surface area contributed by atoms with Gasteiger partial charge in [-0.1, -0.05) is 30.7 Å². The summed E-state index contributed by atoms with van der Waals surface area (Å²) in [7, 11) is 0. The van der Waals surface area contributed by atoms with Gasteiger partial charge < -0.3 is 15.5 Å². The van der Waals surface area contributed by atoms with E-state index in [4.69, 9.17) is 5.73 Å². The molecule has 1 aromatic heterocycles. The summed E-state index contributed by atoms with van der Waals surface area (Å²) in [4.78, 5) is 26.5. The molecule has 0 bridgehead atoms. The van der Waals surface area contributed by atoms with Gasteiger partial charge in [0.05, 0.1) is 6.04 Å². The summed E-state index contributed by atoms with van der Waals surface area (Å²) in [5.74, 6) is 2.64. The van der Waals surface area contributed by atoms with Gasteiger partial charge in [-0.05, 0) is 37.0 Å². The van der Waals surface area contributed by atoms with Gasteiger partial charge >= 0.3 is 0 Å². The lowest BCUT2D eigenvalue weighted by atomic mass is 9.83. The second kappa shape index (κ2) is 6.76. The van der Waals surface area contributed by atoms with Gasteiger partial charge in [0, 0.05) is 43.6 Å². The fraction of sp³-hybridized carbons (Fsp3) is 0.500.